The lowest BCUT2D eigenvalue weighted by molar-refractivity contribution is -0.138. The highest BCUT2D eigenvalue weighted by atomic mass is 19.4. The zero-order valence-corrected chi connectivity index (χ0v) is 26.3. The van der Waals surface area contributed by atoms with Crippen molar-refractivity contribution in [2.24, 2.45) is 0 Å². The Morgan fingerprint density at radius 3 is 2.56 bits per heavy atom. The van der Waals surface area contributed by atoms with Crippen LogP contribution in [0.1, 0.15) is 47.2 Å². The minimum absolute atomic E-state index is 0.100. The molecule has 1 amide bonds. The molecule has 13 heteroatoms. The van der Waals surface area contributed by atoms with Crippen LogP contribution in [0.25, 0.3) is 11.1 Å². The van der Waals surface area contributed by atoms with Crippen molar-refractivity contribution in [1.29, 1.82) is 0 Å². The third kappa shape index (κ3) is 7.37. The van der Waals surface area contributed by atoms with E-state index in [4.69, 9.17) is 14.2 Å². The number of carboxylic acids is 1. The van der Waals surface area contributed by atoms with Crippen LogP contribution in [0.2, 0.25) is 0 Å². The molecule has 0 fully saturated rings. The first-order valence-corrected chi connectivity index (χ1v) is 15.0. The number of aliphatic carboxylic acids is 1. The first-order chi connectivity index (χ1) is 22.8. The maximum Gasteiger partial charge on any atom is 0.416 e. The molecule has 8 nitrogen and oxygen atoms in total. The van der Waals surface area contributed by atoms with Crippen molar-refractivity contribution in [1.82, 2.24) is 10.2 Å². The van der Waals surface area contributed by atoms with E-state index in [0.29, 0.717) is 16.9 Å². The molecule has 2 heterocycles. The number of carboxylic acid groups (broad SMARTS) is 1. The fourth-order valence-corrected chi connectivity index (χ4v) is 5.94. The van der Waals surface area contributed by atoms with E-state index in [1.165, 1.54) is 32.2 Å². The number of aryl methyl sites for hydroxylation is 2. The lowest BCUT2D eigenvalue weighted by Gasteiger charge is -2.33. The predicted molar refractivity (Wildman–Crippen MR) is 165 cm³/mol. The maximum absolute atomic E-state index is 15.9. The molecule has 4 bridgehead atoms. The molecule has 0 aliphatic carbocycles. The molecule has 0 unspecified atom stereocenters. The van der Waals surface area contributed by atoms with Crippen LogP contribution < -0.4 is 10.1 Å². The summed E-state index contributed by atoms with van der Waals surface area (Å²) >= 11 is 0. The number of alkyl halides is 3. The lowest BCUT2D eigenvalue weighted by Crippen LogP contribution is -2.42. The summed E-state index contributed by atoms with van der Waals surface area (Å²) in [5, 5.41) is 12.4. The average molecular weight is 673 g/mol. The Bertz CT molecular complexity index is 1790. The summed E-state index contributed by atoms with van der Waals surface area (Å²) in [6.07, 6.45) is -3.84. The number of nitrogens with zero attached hydrogens (tertiary/aromatic N) is 1. The highest BCUT2D eigenvalue weighted by Gasteiger charge is 2.39. The third-order valence-corrected chi connectivity index (χ3v) is 8.14. The topological polar surface area (TPSA) is 97.3 Å². The molecule has 0 aromatic heterocycles. The van der Waals surface area contributed by atoms with Crippen molar-refractivity contribution in [3.63, 3.8) is 0 Å². The minimum Gasteiger partial charge on any atom is -0.481 e. The van der Waals surface area contributed by atoms with Gasteiger partial charge in [-0.25, -0.2) is 8.78 Å². The highest BCUT2D eigenvalue weighted by Crippen LogP contribution is 2.41. The summed E-state index contributed by atoms with van der Waals surface area (Å²) in [4.78, 5) is 27.5. The van der Waals surface area contributed by atoms with Crippen LogP contribution in [-0.2, 0) is 19.1 Å². The average Bonchev–Trinajstić information content (AvgIpc) is 2.99. The Hall–Kier alpha value is -4.75. The van der Waals surface area contributed by atoms with Crippen molar-refractivity contribution in [2.75, 3.05) is 27.1 Å². The maximum atomic E-state index is 15.9. The number of hydrogen-bond donors (Lipinski definition) is 2. The molecule has 0 saturated carbocycles. The molecule has 0 radical (unpaired) electrons. The van der Waals surface area contributed by atoms with Crippen LogP contribution >= 0.6 is 0 Å². The smallest absolute Gasteiger partial charge is 0.416 e. The standard InChI is InChI=1S/C35H33F5N2O6/c1-19-5-4-6-29-31(19)22-13-20(2)32(37)25(14-22)28(16-30(43)44)41-34(45)33(24-15-23(48-29)7-8-27(24)36)42-17-21(9-11-46-3)26(35(38,39)40)10-12-47-18-42/h4-8,10,13-15,17,28,33H,9,11-12,16,18H2,1-3H3,(H,41,45)(H,43,44)/t28-,33+/m0/s1. The van der Waals surface area contributed by atoms with E-state index in [9.17, 15) is 27.9 Å². The van der Waals surface area contributed by atoms with E-state index in [1.807, 2.05) is 0 Å². The molecular weight excluding hydrogens is 639 g/mol. The number of carbonyl (C=O) groups excluding carboxylic acids is 1. The number of nitrogens with one attached hydrogen (secondary N) is 1. The van der Waals surface area contributed by atoms with Gasteiger partial charge < -0.3 is 29.5 Å². The van der Waals surface area contributed by atoms with Gasteiger partial charge in [-0.1, -0.05) is 12.1 Å². The lowest BCUT2D eigenvalue weighted by atomic mass is 9.92. The molecule has 254 valence electrons. The molecule has 2 aliphatic heterocycles. The van der Waals surface area contributed by atoms with Gasteiger partial charge in [-0.15, -0.1) is 0 Å². The zero-order valence-electron chi connectivity index (χ0n) is 26.3. The number of carbonyl (C=O) groups is 2. The van der Waals surface area contributed by atoms with Crippen LogP contribution in [0, 0.1) is 25.5 Å². The fraction of sp³-hybridized carbons (Fsp3) is 0.314. The van der Waals surface area contributed by atoms with Gasteiger partial charge in [0.25, 0.3) is 0 Å². The monoisotopic (exact) mass is 672 g/mol. The SMILES string of the molecule is COCCC1=CN([C@H]2C(=O)N[C@@H](CC(=O)O)c3cc(cc(C)c3F)-c3c(C)cccc3Oc3ccc(F)c2c3)COCC=C1C(F)(F)F. The van der Waals surface area contributed by atoms with E-state index in [0.717, 1.165) is 28.8 Å². The molecule has 3 aromatic carbocycles. The molecule has 2 atom stereocenters. The third-order valence-electron chi connectivity index (χ3n) is 8.14. The van der Waals surface area contributed by atoms with Crippen molar-refractivity contribution in [3.05, 3.63) is 106 Å². The summed E-state index contributed by atoms with van der Waals surface area (Å²) in [7, 11) is 1.32. The molecule has 5 rings (SSSR count). The Kier molecular flexibility index (Phi) is 10.2. The van der Waals surface area contributed by atoms with Crippen molar-refractivity contribution >= 4 is 11.9 Å². The van der Waals surface area contributed by atoms with Crippen LogP contribution in [-0.4, -0.2) is 55.1 Å². The first kappa shape index (κ1) is 34.6. The van der Waals surface area contributed by atoms with Gasteiger partial charge in [0.2, 0.25) is 5.91 Å². The van der Waals surface area contributed by atoms with E-state index >= 15 is 8.78 Å². The van der Waals surface area contributed by atoms with Crippen LogP contribution in [0.15, 0.2) is 72.0 Å². The second kappa shape index (κ2) is 14.2. The molecule has 2 N–H and O–H groups in total. The predicted octanol–water partition coefficient (Wildman–Crippen LogP) is 7.43. The van der Waals surface area contributed by atoms with Crippen molar-refractivity contribution < 1.29 is 50.9 Å². The van der Waals surface area contributed by atoms with Gasteiger partial charge in [-0.2, -0.15) is 13.2 Å². The van der Waals surface area contributed by atoms with Gasteiger partial charge in [0.15, 0.2) is 0 Å². The molecule has 3 aromatic rings. The van der Waals surface area contributed by atoms with Crippen molar-refractivity contribution in [3.8, 4) is 22.6 Å². The number of hydrogen-bond acceptors (Lipinski definition) is 6. The van der Waals surface area contributed by atoms with Gasteiger partial charge in [0.1, 0.15) is 35.9 Å². The van der Waals surface area contributed by atoms with Gasteiger partial charge >= 0.3 is 12.1 Å². The Labute approximate surface area is 273 Å². The summed E-state index contributed by atoms with van der Waals surface area (Å²) in [6, 6.07) is 8.64. The molecule has 0 spiro atoms. The number of fused-ring (bicyclic) bond motifs is 6. The highest BCUT2D eigenvalue weighted by molar-refractivity contribution is 5.85. The Balaban J connectivity index is 1.77. The Morgan fingerprint density at radius 1 is 1.08 bits per heavy atom. The van der Waals surface area contributed by atoms with E-state index < -0.39 is 67.1 Å². The fourth-order valence-electron chi connectivity index (χ4n) is 5.94. The first-order valence-electron chi connectivity index (χ1n) is 15.0. The molecule has 48 heavy (non-hydrogen) atoms. The van der Waals surface area contributed by atoms with Gasteiger partial charge in [-0.05, 0) is 85.0 Å². The number of halogens is 5. The van der Waals surface area contributed by atoms with E-state index in [2.05, 4.69) is 5.32 Å². The summed E-state index contributed by atoms with van der Waals surface area (Å²) in [5.74, 6) is -3.64. The summed E-state index contributed by atoms with van der Waals surface area (Å²) in [6.45, 7) is 2.26. The molecular formula is C35H33F5N2O6. The molecule has 0 saturated heterocycles. The van der Waals surface area contributed by atoms with E-state index in [-0.39, 0.29) is 41.0 Å². The van der Waals surface area contributed by atoms with Crippen LogP contribution in [0.4, 0.5) is 22.0 Å². The zero-order chi connectivity index (χ0) is 34.7. The quantitative estimate of drug-likeness (QED) is 0.263. The normalized spacial score (nSPS) is 18.4. The number of amides is 1. The largest absolute Gasteiger partial charge is 0.481 e. The second-order valence-corrected chi connectivity index (χ2v) is 11.5. The Morgan fingerprint density at radius 2 is 1.85 bits per heavy atom. The number of methoxy groups -OCH3 is 1. The van der Waals surface area contributed by atoms with Gasteiger partial charge in [-0.3, -0.25) is 9.59 Å². The number of allylic oxidation sites excluding steroid dienone is 1. The van der Waals surface area contributed by atoms with Crippen LogP contribution in [0.3, 0.4) is 0 Å². The minimum atomic E-state index is -4.80. The number of benzene rings is 3. The van der Waals surface area contributed by atoms with Gasteiger partial charge in [0, 0.05) is 30.0 Å². The van der Waals surface area contributed by atoms with Crippen molar-refractivity contribution in [2.45, 2.75) is 44.9 Å². The summed E-state index contributed by atoms with van der Waals surface area (Å²) in [5.41, 5.74) is 0.205. The van der Waals surface area contributed by atoms with Crippen LogP contribution in [0.5, 0.6) is 11.5 Å². The number of rotatable bonds is 6. The summed E-state index contributed by atoms with van der Waals surface area (Å²) < 4.78 is 91.0. The molecule has 2 aliphatic rings. The van der Waals surface area contributed by atoms with E-state index in [1.54, 1.807) is 31.2 Å². The number of ether oxygens (including phenoxy) is 3. The second-order valence-electron chi connectivity index (χ2n) is 11.5. The van der Waals surface area contributed by atoms with Gasteiger partial charge in [0.05, 0.1) is 31.2 Å².